The van der Waals surface area contributed by atoms with E-state index in [9.17, 15) is 9.59 Å². The summed E-state index contributed by atoms with van der Waals surface area (Å²) in [6.45, 7) is 0. The molecule has 0 bridgehead atoms. The molecule has 0 saturated heterocycles. The molecular weight excluding hydrogens is 312 g/mol. The second kappa shape index (κ2) is 6.58. The number of rotatable bonds is 4. The average molecular weight is 326 g/mol. The van der Waals surface area contributed by atoms with Gasteiger partial charge in [-0.2, -0.15) is 10.1 Å². The molecule has 0 unspecified atom stereocenters. The fourth-order valence-corrected chi connectivity index (χ4v) is 2.86. The van der Waals surface area contributed by atoms with Crippen LogP contribution < -0.4 is 5.01 Å². The number of amides is 1. The van der Waals surface area contributed by atoms with Gasteiger partial charge in [0.05, 0.1) is 30.5 Å². The van der Waals surface area contributed by atoms with Crippen LogP contribution in [0.4, 0.5) is 5.69 Å². The Morgan fingerprint density at radius 3 is 2.70 bits per heavy atom. The van der Waals surface area contributed by atoms with Crippen LogP contribution in [0.1, 0.15) is 11.3 Å². The van der Waals surface area contributed by atoms with E-state index < -0.39 is 5.97 Å². The first-order valence-corrected chi connectivity index (χ1v) is 7.86. The molecule has 23 heavy (non-hydrogen) atoms. The quantitative estimate of drug-likeness (QED) is 0.641. The third-order valence-corrected chi connectivity index (χ3v) is 4.14. The lowest BCUT2D eigenvalue weighted by atomic mass is 10.1. The van der Waals surface area contributed by atoms with Crippen molar-refractivity contribution in [2.75, 3.05) is 12.1 Å². The van der Waals surface area contributed by atoms with Crippen LogP contribution >= 0.6 is 11.3 Å². The molecule has 1 aliphatic heterocycles. The Labute approximate surface area is 137 Å². The lowest BCUT2D eigenvalue weighted by Gasteiger charge is -2.10. The van der Waals surface area contributed by atoms with Crippen molar-refractivity contribution >= 4 is 40.7 Å². The highest BCUT2D eigenvalue weighted by Crippen LogP contribution is 2.27. The molecule has 5 nitrogen and oxygen atoms in total. The molecule has 116 valence electrons. The second-order valence-corrected chi connectivity index (χ2v) is 5.80. The lowest BCUT2D eigenvalue weighted by molar-refractivity contribution is -0.139. The number of benzene rings is 1. The van der Waals surface area contributed by atoms with E-state index in [0.29, 0.717) is 17.0 Å². The second-order valence-electron chi connectivity index (χ2n) is 4.83. The van der Waals surface area contributed by atoms with Gasteiger partial charge in [0.25, 0.3) is 5.91 Å². The molecule has 2 aromatic rings. The number of ether oxygens (including phenoxy) is 1. The molecule has 1 aromatic carbocycles. The largest absolute Gasteiger partial charge is 0.469 e. The van der Waals surface area contributed by atoms with Crippen LogP contribution in [0.15, 0.2) is 58.5 Å². The normalized spacial score (nSPS) is 15.9. The zero-order valence-electron chi connectivity index (χ0n) is 12.4. The molecule has 1 aliphatic rings. The first-order chi connectivity index (χ1) is 11.2. The van der Waals surface area contributed by atoms with Crippen molar-refractivity contribution in [3.05, 3.63) is 58.3 Å². The number of esters is 1. The van der Waals surface area contributed by atoms with E-state index in [1.54, 1.807) is 18.2 Å². The maximum atomic E-state index is 12.7. The maximum Gasteiger partial charge on any atom is 0.311 e. The predicted octanol–water partition coefficient (Wildman–Crippen LogP) is 3.10. The first-order valence-electron chi connectivity index (χ1n) is 6.98. The van der Waals surface area contributed by atoms with Crippen molar-refractivity contribution in [3.8, 4) is 0 Å². The van der Waals surface area contributed by atoms with Gasteiger partial charge < -0.3 is 4.74 Å². The van der Waals surface area contributed by atoms with E-state index in [1.807, 2.05) is 35.7 Å². The van der Waals surface area contributed by atoms with E-state index in [0.717, 1.165) is 4.88 Å². The number of anilines is 1. The molecule has 0 spiro atoms. The Morgan fingerprint density at radius 2 is 2.04 bits per heavy atom. The van der Waals surface area contributed by atoms with Gasteiger partial charge in [-0.25, -0.2) is 0 Å². The van der Waals surface area contributed by atoms with Crippen molar-refractivity contribution in [1.29, 1.82) is 0 Å². The van der Waals surface area contributed by atoms with Gasteiger partial charge in [0.2, 0.25) is 0 Å². The highest BCUT2D eigenvalue weighted by molar-refractivity contribution is 7.10. The van der Waals surface area contributed by atoms with E-state index in [-0.39, 0.29) is 12.3 Å². The Bertz CT molecular complexity index is 779. The summed E-state index contributed by atoms with van der Waals surface area (Å²) in [5, 5.41) is 7.57. The lowest BCUT2D eigenvalue weighted by Crippen LogP contribution is -2.21. The molecule has 0 atom stereocenters. The van der Waals surface area contributed by atoms with Crippen LogP contribution in [0.5, 0.6) is 0 Å². The van der Waals surface area contributed by atoms with Gasteiger partial charge in [-0.1, -0.05) is 24.3 Å². The molecule has 2 heterocycles. The highest BCUT2D eigenvalue weighted by Gasteiger charge is 2.32. The summed E-state index contributed by atoms with van der Waals surface area (Å²) >= 11 is 1.52. The summed E-state index contributed by atoms with van der Waals surface area (Å²) in [6, 6.07) is 12.9. The fourth-order valence-electron chi connectivity index (χ4n) is 2.20. The molecule has 0 fully saturated rings. The molecule has 6 heteroatoms. The van der Waals surface area contributed by atoms with Crippen LogP contribution in [-0.2, 0) is 14.3 Å². The highest BCUT2D eigenvalue weighted by atomic mass is 32.1. The summed E-state index contributed by atoms with van der Waals surface area (Å²) in [5.41, 5.74) is 1.50. The predicted molar refractivity (Wildman–Crippen MR) is 90.3 cm³/mol. The van der Waals surface area contributed by atoms with Crippen molar-refractivity contribution < 1.29 is 14.3 Å². The Balaban J connectivity index is 1.99. The number of nitrogens with zero attached hydrogens (tertiary/aromatic N) is 2. The summed E-state index contributed by atoms with van der Waals surface area (Å²) < 4.78 is 4.70. The van der Waals surface area contributed by atoms with Crippen molar-refractivity contribution in [3.63, 3.8) is 0 Å². The first kappa shape index (κ1) is 15.2. The van der Waals surface area contributed by atoms with Crippen molar-refractivity contribution in [1.82, 2.24) is 0 Å². The molecule has 0 aliphatic carbocycles. The average Bonchev–Trinajstić information content (AvgIpc) is 3.19. The van der Waals surface area contributed by atoms with Crippen molar-refractivity contribution in [2.24, 2.45) is 5.10 Å². The third-order valence-electron chi connectivity index (χ3n) is 3.32. The number of hydrogen-bond donors (Lipinski definition) is 0. The third kappa shape index (κ3) is 3.22. The van der Waals surface area contributed by atoms with E-state index in [2.05, 4.69) is 5.10 Å². The van der Waals surface area contributed by atoms with E-state index in [4.69, 9.17) is 4.74 Å². The molecule has 3 rings (SSSR count). The zero-order valence-corrected chi connectivity index (χ0v) is 13.2. The summed E-state index contributed by atoms with van der Waals surface area (Å²) in [4.78, 5) is 25.2. The topological polar surface area (TPSA) is 59.0 Å². The van der Waals surface area contributed by atoms with Crippen LogP contribution in [0.2, 0.25) is 0 Å². The van der Waals surface area contributed by atoms with E-state index >= 15 is 0 Å². The molecule has 0 radical (unpaired) electrons. The number of para-hydroxylation sites is 1. The minimum absolute atomic E-state index is 0.0389. The number of thiophene rings is 1. The van der Waals surface area contributed by atoms with Gasteiger partial charge in [-0.05, 0) is 29.7 Å². The Morgan fingerprint density at radius 1 is 1.26 bits per heavy atom. The summed E-state index contributed by atoms with van der Waals surface area (Å²) in [7, 11) is 1.32. The maximum absolute atomic E-state index is 12.7. The molecule has 0 N–H and O–H groups in total. The molecular formula is C17H14N2O3S. The number of carbonyl (C=O) groups excluding carboxylic acids is 2. The molecule has 1 amide bonds. The van der Waals surface area contributed by atoms with Crippen molar-refractivity contribution in [2.45, 2.75) is 6.42 Å². The molecule has 0 saturated carbocycles. The monoisotopic (exact) mass is 326 g/mol. The Hall–Kier alpha value is -2.73. The van der Waals surface area contributed by atoms with Gasteiger partial charge in [-0.3, -0.25) is 9.59 Å². The number of hydrogen-bond acceptors (Lipinski definition) is 5. The number of hydrazone groups is 1. The molecule has 1 aromatic heterocycles. The van der Waals surface area contributed by atoms with Crippen LogP contribution in [0.3, 0.4) is 0 Å². The minimum atomic E-state index is -0.427. The summed E-state index contributed by atoms with van der Waals surface area (Å²) in [5.74, 6) is -0.674. The van der Waals surface area contributed by atoms with Crippen LogP contribution in [-0.4, -0.2) is 24.7 Å². The van der Waals surface area contributed by atoms with Crippen LogP contribution in [0.25, 0.3) is 6.08 Å². The standard InChI is InChI=1S/C17H14N2O3S/c1-22-16(20)11-15-14(10-13-8-5-9-23-13)17(21)19(18-15)12-6-3-2-4-7-12/h2-10H,11H2,1H3/b14-10+. The number of carbonyl (C=O) groups is 2. The van der Waals surface area contributed by atoms with Crippen LogP contribution in [0, 0.1) is 0 Å². The van der Waals surface area contributed by atoms with Gasteiger partial charge in [0.1, 0.15) is 0 Å². The Kier molecular flexibility index (Phi) is 4.34. The fraction of sp³-hybridized carbons (Fsp3) is 0.118. The SMILES string of the molecule is COC(=O)CC1=NN(c2ccccc2)C(=O)/C1=C/c1cccs1. The zero-order chi connectivity index (χ0) is 16.2. The van der Waals surface area contributed by atoms with Gasteiger partial charge in [0.15, 0.2) is 0 Å². The van der Waals surface area contributed by atoms with E-state index in [1.165, 1.54) is 23.5 Å². The van der Waals surface area contributed by atoms with Gasteiger partial charge in [-0.15, -0.1) is 11.3 Å². The summed E-state index contributed by atoms with van der Waals surface area (Å²) in [6.07, 6.45) is 1.72. The minimum Gasteiger partial charge on any atom is -0.469 e. The van der Waals surface area contributed by atoms with Gasteiger partial charge in [0, 0.05) is 4.88 Å². The number of methoxy groups -OCH3 is 1. The smallest absolute Gasteiger partial charge is 0.311 e. The van der Waals surface area contributed by atoms with Gasteiger partial charge >= 0.3 is 5.97 Å².